The predicted molar refractivity (Wildman–Crippen MR) is 102 cm³/mol. The monoisotopic (exact) mass is 372 g/mol. The number of anilines is 1. The molecule has 4 rings (SSSR count). The number of carbonyl (C=O) groups excluding carboxylic acids is 1. The number of rotatable bonds is 2. The zero-order valence-electron chi connectivity index (χ0n) is 15.4. The zero-order chi connectivity index (χ0) is 18.3. The Balaban J connectivity index is 1.38. The molecule has 7 heteroatoms. The number of benzene rings is 1. The summed E-state index contributed by atoms with van der Waals surface area (Å²) in [5, 5.41) is 10.7. The van der Waals surface area contributed by atoms with Crippen LogP contribution in [0.25, 0.3) is 10.6 Å². The van der Waals surface area contributed by atoms with Crippen molar-refractivity contribution in [3.05, 3.63) is 30.3 Å². The van der Waals surface area contributed by atoms with Crippen LogP contribution in [0.5, 0.6) is 0 Å². The lowest BCUT2D eigenvalue weighted by Crippen LogP contribution is -2.37. The zero-order valence-corrected chi connectivity index (χ0v) is 16.2. The highest BCUT2D eigenvalue weighted by Crippen LogP contribution is 2.37. The maximum atomic E-state index is 12.3. The van der Waals surface area contributed by atoms with Gasteiger partial charge in [0.25, 0.3) is 0 Å². The molecular weight excluding hydrogens is 348 g/mol. The van der Waals surface area contributed by atoms with E-state index < -0.39 is 5.60 Å². The van der Waals surface area contributed by atoms with Crippen LogP contribution >= 0.6 is 11.3 Å². The minimum absolute atomic E-state index is 0.194. The lowest BCUT2D eigenvalue weighted by Gasteiger charge is -2.25. The second kappa shape index (κ2) is 6.54. The van der Waals surface area contributed by atoms with Crippen LogP contribution < -0.4 is 4.90 Å². The second-order valence-corrected chi connectivity index (χ2v) is 9.02. The van der Waals surface area contributed by atoms with Gasteiger partial charge in [0.2, 0.25) is 5.13 Å². The summed E-state index contributed by atoms with van der Waals surface area (Å²) in [7, 11) is 0. The fraction of sp³-hybridized carbons (Fsp3) is 0.526. The van der Waals surface area contributed by atoms with Gasteiger partial charge in [-0.2, -0.15) is 0 Å². The SMILES string of the molecule is CC(C)(C)OC(=O)N1CC2CN(c3nnc(-c4ccccc4)s3)CC2C1. The normalized spacial score (nSPS) is 22.6. The van der Waals surface area contributed by atoms with Gasteiger partial charge in [-0.3, -0.25) is 0 Å². The van der Waals surface area contributed by atoms with Crippen LogP contribution in [-0.2, 0) is 4.74 Å². The van der Waals surface area contributed by atoms with E-state index in [1.807, 2.05) is 43.9 Å². The minimum Gasteiger partial charge on any atom is -0.444 e. The molecule has 26 heavy (non-hydrogen) atoms. The Hall–Kier alpha value is -2.15. The molecule has 2 unspecified atom stereocenters. The van der Waals surface area contributed by atoms with Crippen LogP contribution in [0.3, 0.4) is 0 Å². The quantitative estimate of drug-likeness (QED) is 0.807. The molecule has 1 aromatic carbocycles. The van der Waals surface area contributed by atoms with Crippen molar-refractivity contribution in [3.63, 3.8) is 0 Å². The number of aromatic nitrogens is 2. The topological polar surface area (TPSA) is 58.6 Å². The predicted octanol–water partition coefficient (Wildman–Crippen LogP) is 3.51. The summed E-state index contributed by atoms with van der Waals surface area (Å²) in [5.74, 6) is 0.957. The first-order valence-corrected chi connectivity index (χ1v) is 9.82. The fourth-order valence-electron chi connectivity index (χ4n) is 3.67. The van der Waals surface area contributed by atoms with Crippen molar-refractivity contribution in [1.82, 2.24) is 15.1 Å². The maximum absolute atomic E-state index is 12.3. The number of likely N-dealkylation sites (tertiary alicyclic amines) is 1. The lowest BCUT2D eigenvalue weighted by molar-refractivity contribution is 0.0282. The van der Waals surface area contributed by atoms with Crippen molar-refractivity contribution >= 4 is 22.6 Å². The summed E-state index contributed by atoms with van der Waals surface area (Å²) in [6, 6.07) is 10.1. The summed E-state index contributed by atoms with van der Waals surface area (Å²) in [6.45, 7) is 9.09. The number of amides is 1. The van der Waals surface area contributed by atoms with Crippen molar-refractivity contribution in [2.75, 3.05) is 31.1 Å². The van der Waals surface area contributed by atoms with E-state index in [9.17, 15) is 4.79 Å². The molecule has 0 N–H and O–H groups in total. The van der Waals surface area contributed by atoms with Crippen LogP contribution in [0, 0.1) is 11.8 Å². The summed E-state index contributed by atoms with van der Waals surface area (Å²) in [5.41, 5.74) is 0.660. The molecule has 0 spiro atoms. The van der Waals surface area contributed by atoms with Gasteiger partial charge in [-0.15, -0.1) is 10.2 Å². The maximum Gasteiger partial charge on any atom is 0.410 e. The molecule has 138 valence electrons. The lowest BCUT2D eigenvalue weighted by atomic mass is 10.0. The van der Waals surface area contributed by atoms with E-state index in [-0.39, 0.29) is 6.09 Å². The van der Waals surface area contributed by atoms with Crippen molar-refractivity contribution in [3.8, 4) is 10.6 Å². The molecule has 2 atom stereocenters. The van der Waals surface area contributed by atoms with Gasteiger partial charge < -0.3 is 14.5 Å². The number of ether oxygens (including phenoxy) is 1. The van der Waals surface area contributed by atoms with E-state index in [2.05, 4.69) is 27.2 Å². The number of nitrogens with zero attached hydrogens (tertiary/aromatic N) is 4. The largest absolute Gasteiger partial charge is 0.444 e. The molecule has 0 radical (unpaired) electrons. The first-order chi connectivity index (χ1) is 12.4. The van der Waals surface area contributed by atoms with Crippen molar-refractivity contribution in [1.29, 1.82) is 0 Å². The minimum atomic E-state index is -0.443. The van der Waals surface area contributed by atoms with Crippen LogP contribution in [0.4, 0.5) is 9.93 Å². The average molecular weight is 372 g/mol. The van der Waals surface area contributed by atoms with Crippen LogP contribution in [0.1, 0.15) is 20.8 Å². The highest BCUT2D eigenvalue weighted by molar-refractivity contribution is 7.18. The van der Waals surface area contributed by atoms with Gasteiger partial charge in [-0.05, 0) is 20.8 Å². The summed E-state index contributed by atoms with van der Waals surface area (Å²) >= 11 is 1.64. The molecule has 6 nitrogen and oxygen atoms in total. The smallest absolute Gasteiger partial charge is 0.410 e. The molecule has 0 aliphatic carbocycles. The first-order valence-electron chi connectivity index (χ1n) is 9.01. The Bertz CT molecular complexity index is 772. The molecule has 0 bridgehead atoms. The molecule has 3 heterocycles. The highest BCUT2D eigenvalue weighted by Gasteiger charge is 2.43. The van der Waals surface area contributed by atoms with E-state index in [4.69, 9.17) is 4.74 Å². The van der Waals surface area contributed by atoms with E-state index in [0.717, 1.165) is 41.9 Å². The second-order valence-electron chi connectivity index (χ2n) is 8.07. The standard InChI is InChI=1S/C19H24N4O2S/c1-19(2,3)25-18(24)23-11-14-9-22(10-15(14)12-23)17-21-20-16(26-17)13-7-5-4-6-8-13/h4-8,14-15H,9-12H2,1-3H3. The first kappa shape index (κ1) is 17.3. The molecule has 1 aromatic heterocycles. The molecule has 0 saturated carbocycles. The third kappa shape index (κ3) is 3.53. The summed E-state index contributed by atoms with van der Waals surface area (Å²) < 4.78 is 5.50. The van der Waals surface area contributed by atoms with E-state index in [0.29, 0.717) is 11.8 Å². The Morgan fingerprint density at radius 2 is 1.73 bits per heavy atom. The third-order valence-corrected chi connectivity index (χ3v) is 5.88. The Morgan fingerprint density at radius 3 is 2.35 bits per heavy atom. The van der Waals surface area contributed by atoms with Gasteiger partial charge in [-0.25, -0.2) is 4.79 Å². The Morgan fingerprint density at radius 1 is 1.08 bits per heavy atom. The Kier molecular flexibility index (Phi) is 4.34. The third-order valence-electron chi connectivity index (χ3n) is 4.84. The van der Waals surface area contributed by atoms with E-state index >= 15 is 0 Å². The molecule has 2 aliphatic heterocycles. The van der Waals surface area contributed by atoms with Crippen LogP contribution in [-0.4, -0.2) is 53.0 Å². The highest BCUT2D eigenvalue weighted by atomic mass is 32.1. The Labute approximate surface area is 157 Å². The van der Waals surface area contributed by atoms with Gasteiger partial charge in [0, 0.05) is 43.6 Å². The van der Waals surface area contributed by atoms with Gasteiger partial charge in [0.05, 0.1) is 0 Å². The van der Waals surface area contributed by atoms with E-state index in [1.54, 1.807) is 11.3 Å². The van der Waals surface area contributed by atoms with Crippen molar-refractivity contribution in [2.45, 2.75) is 26.4 Å². The number of hydrogen-bond donors (Lipinski definition) is 0. The van der Waals surface area contributed by atoms with Crippen LogP contribution in [0.15, 0.2) is 30.3 Å². The fourth-order valence-corrected chi connectivity index (χ4v) is 4.53. The van der Waals surface area contributed by atoms with Crippen molar-refractivity contribution in [2.24, 2.45) is 11.8 Å². The van der Waals surface area contributed by atoms with Gasteiger partial charge >= 0.3 is 6.09 Å². The van der Waals surface area contributed by atoms with E-state index in [1.165, 1.54) is 0 Å². The molecule has 2 aliphatic rings. The molecular formula is C19H24N4O2S. The van der Waals surface area contributed by atoms with Crippen LogP contribution in [0.2, 0.25) is 0 Å². The summed E-state index contributed by atoms with van der Waals surface area (Å²) in [4.78, 5) is 16.4. The number of carbonyl (C=O) groups is 1. The van der Waals surface area contributed by atoms with Crippen molar-refractivity contribution < 1.29 is 9.53 Å². The van der Waals surface area contributed by atoms with Gasteiger partial charge in [0.1, 0.15) is 10.6 Å². The average Bonchev–Trinajstić information content (AvgIpc) is 3.28. The molecule has 2 saturated heterocycles. The molecule has 1 amide bonds. The van der Waals surface area contributed by atoms with Gasteiger partial charge in [0.15, 0.2) is 0 Å². The number of hydrogen-bond acceptors (Lipinski definition) is 6. The van der Waals surface area contributed by atoms with Gasteiger partial charge in [-0.1, -0.05) is 41.7 Å². The molecule has 2 fully saturated rings. The summed E-state index contributed by atoms with van der Waals surface area (Å²) in [6.07, 6.45) is -0.194. The molecule has 2 aromatic rings. The number of fused-ring (bicyclic) bond motifs is 1.